The normalized spacial score (nSPS) is 13.3. The molecule has 0 spiro atoms. The van der Waals surface area contributed by atoms with Gasteiger partial charge in [0.1, 0.15) is 11.0 Å². The van der Waals surface area contributed by atoms with Crippen LogP contribution in [0.3, 0.4) is 0 Å². The van der Waals surface area contributed by atoms with Crippen molar-refractivity contribution in [3.8, 4) is 0 Å². The SMILES string of the molecule is CC(C)(C)CN=C/C(=C\N)c1cc(F)cnc1Cl. The van der Waals surface area contributed by atoms with Gasteiger partial charge in [-0.2, -0.15) is 0 Å². The molecule has 0 saturated carbocycles. The molecule has 18 heavy (non-hydrogen) atoms. The van der Waals surface area contributed by atoms with Crippen molar-refractivity contribution in [2.45, 2.75) is 20.8 Å². The molecule has 0 bridgehead atoms. The molecule has 0 aliphatic carbocycles. The average molecular weight is 270 g/mol. The van der Waals surface area contributed by atoms with Gasteiger partial charge in [-0.1, -0.05) is 32.4 Å². The Kier molecular flexibility index (Phi) is 4.84. The van der Waals surface area contributed by atoms with E-state index in [9.17, 15) is 4.39 Å². The van der Waals surface area contributed by atoms with Gasteiger partial charge in [-0.3, -0.25) is 4.99 Å². The summed E-state index contributed by atoms with van der Waals surface area (Å²) in [7, 11) is 0. The molecule has 3 nitrogen and oxygen atoms in total. The van der Waals surface area contributed by atoms with E-state index in [4.69, 9.17) is 17.3 Å². The van der Waals surface area contributed by atoms with E-state index < -0.39 is 5.82 Å². The monoisotopic (exact) mass is 269 g/mol. The molecule has 0 aromatic carbocycles. The molecule has 0 radical (unpaired) electrons. The summed E-state index contributed by atoms with van der Waals surface area (Å²) in [4.78, 5) is 8.02. The molecule has 0 atom stereocenters. The van der Waals surface area contributed by atoms with E-state index in [2.05, 4.69) is 30.7 Å². The standard InChI is InChI=1S/C13H17ClFN3/c1-13(2,3)8-17-6-9(5-16)11-4-10(15)7-18-12(11)14/h4-7H,8,16H2,1-3H3/b9-5+,17-6?. The van der Waals surface area contributed by atoms with Gasteiger partial charge in [0.2, 0.25) is 0 Å². The second kappa shape index (κ2) is 5.96. The molecule has 98 valence electrons. The molecular formula is C13H17ClFN3. The Morgan fingerprint density at radius 1 is 1.56 bits per heavy atom. The van der Waals surface area contributed by atoms with E-state index in [1.165, 1.54) is 12.3 Å². The van der Waals surface area contributed by atoms with Crippen molar-refractivity contribution in [2.75, 3.05) is 6.54 Å². The van der Waals surface area contributed by atoms with Gasteiger partial charge in [0.25, 0.3) is 0 Å². The highest BCUT2D eigenvalue weighted by Crippen LogP contribution is 2.21. The van der Waals surface area contributed by atoms with E-state index in [-0.39, 0.29) is 10.6 Å². The minimum atomic E-state index is -0.460. The molecule has 0 fully saturated rings. The van der Waals surface area contributed by atoms with Gasteiger partial charge in [-0.05, 0) is 11.5 Å². The Labute approximate surface area is 112 Å². The van der Waals surface area contributed by atoms with Crippen molar-refractivity contribution in [3.63, 3.8) is 0 Å². The van der Waals surface area contributed by atoms with Gasteiger partial charge in [-0.15, -0.1) is 0 Å². The number of hydrogen-bond donors (Lipinski definition) is 1. The lowest BCUT2D eigenvalue weighted by atomic mass is 9.97. The minimum absolute atomic E-state index is 0.0835. The number of nitrogens with zero attached hydrogens (tertiary/aromatic N) is 2. The molecule has 0 aliphatic rings. The number of pyridine rings is 1. The quantitative estimate of drug-likeness (QED) is 0.676. The van der Waals surface area contributed by atoms with Crippen LogP contribution in [0.4, 0.5) is 4.39 Å². The van der Waals surface area contributed by atoms with Gasteiger partial charge in [-0.25, -0.2) is 9.37 Å². The molecule has 1 aromatic rings. The molecule has 1 heterocycles. The van der Waals surface area contributed by atoms with Crippen LogP contribution in [0.25, 0.3) is 5.57 Å². The summed E-state index contributed by atoms with van der Waals surface area (Å²) in [6.07, 6.45) is 3.99. The zero-order valence-electron chi connectivity index (χ0n) is 10.7. The minimum Gasteiger partial charge on any atom is -0.404 e. The van der Waals surface area contributed by atoms with E-state index >= 15 is 0 Å². The van der Waals surface area contributed by atoms with Gasteiger partial charge in [0, 0.05) is 30.1 Å². The topological polar surface area (TPSA) is 51.3 Å². The summed E-state index contributed by atoms with van der Waals surface area (Å²) >= 11 is 5.90. The maximum Gasteiger partial charge on any atom is 0.142 e. The first kappa shape index (κ1) is 14.6. The van der Waals surface area contributed by atoms with Crippen LogP contribution in [0.15, 0.2) is 23.5 Å². The number of hydrogen-bond acceptors (Lipinski definition) is 3. The molecule has 0 saturated heterocycles. The third kappa shape index (κ3) is 4.45. The van der Waals surface area contributed by atoms with Crippen LogP contribution in [0.1, 0.15) is 26.3 Å². The Hall–Kier alpha value is -1.42. The third-order valence-electron chi connectivity index (χ3n) is 2.09. The smallest absolute Gasteiger partial charge is 0.142 e. The lowest BCUT2D eigenvalue weighted by Crippen LogP contribution is -2.09. The number of allylic oxidation sites excluding steroid dienone is 1. The summed E-state index contributed by atoms with van der Waals surface area (Å²) in [6.45, 7) is 6.87. The second-order valence-corrected chi connectivity index (χ2v) is 5.50. The Morgan fingerprint density at radius 2 is 2.22 bits per heavy atom. The van der Waals surface area contributed by atoms with Crippen LogP contribution in [0.5, 0.6) is 0 Å². The largest absolute Gasteiger partial charge is 0.404 e. The fraction of sp³-hybridized carbons (Fsp3) is 0.385. The molecule has 5 heteroatoms. The van der Waals surface area contributed by atoms with Crippen molar-refractivity contribution < 1.29 is 4.39 Å². The molecular weight excluding hydrogens is 253 g/mol. The van der Waals surface area contributed by atoms with Gasteiger partial charge in [0.15, 0.2) is 0 Å². The number of nitrogens with two attached hydrogens (primary N) is 1. The number of rotatable bonds is 3. The molecule has 1 aromatic heterocycles. The van der Waals surface area contributed by atoms with Crippen LogP contribution in [-0.4, -0.2) is 17.7 Å². The summed E-state index contributed by atoms with van der Waals surface area (Å²) in [6, 6.07) is 1.29. The van der Waals surface area contributed by atoms with Gasteiger partial charge >= 0.3 is 0 Å². The van der Waals surface area contributed by atoms with Crippen molar-refractivity contribution in [1.29, 1.82) is 0 Å². The van der Waals surface area contributed by atoms with E-state index in [1.54, 1.807) is 6.21 Å². The van der Waals surface area contributed by atoms with E-state index in [0.29, 0.717) is 17.7 Å². The molecule has 0 aliphatic heterocycles. The number of halogens is 2. The van der Waals surface area contributed by atoms with Crippen LogP contribution < -0.4 is 5.73 Å². The predicted octanol–water partition coefficient (Wildman–Crippen LogP) is 3.29. The highest BCUT2D eigenvalue weighted by atomic mass is 35.5. The first-order valence-corrected chi connectivity index (χ1v) is 5.94. The summed E-state index contributed by atoms with van der Waals surface area (Å²) in [5.74, 6) is -0.460. The Balaban J connectivity index is 2.95. The zero-order valence-corrected chi connectivity index (χ0v) is 11.5. The lowest BCUT2D eigenvalue weighted by molar-refractivity contribution is 0.430. The van der Waals surface area contributed by atoms with E-state index in [0.717, 1.165) is 6.20 Å². The van der Waals surface area contributed by atoms with Gasteiger partial charge in [0.05, 0.1) is 6.20 Å². The zero-order chi connectivity index (χ0) is 13.8. The molecule has 2 N–H and O–H groups in total. The predicted molar refractivity (Wildman–Crippen MR) is 74.2 cm³/mol. The van der Waals surface area contributed by atoms with Crippen LogP contribution in [0, 0.1) is 11.2 Å². The summed E-state index contributed by atoms with van der Waals surface area (Å²) in [5.41, 5.74) is 6.59. The second-order valence-electron chi connectivity index (χ2n) is 5.14. The maximum absolute atomic E-state index is 13.1. The highest BCUT2D eigenvalue weighted by molar-refractivity contribution is 6.32. The number of aliphatic imine (C=N–C) groups is 1. The first-order chi connectivity index (χ1) is 8.33. The van der Waals surface area contributed by atoms with Crippen LogP contribution in [-0.2, 0) is 0 Å². The fourth-order valence-electron chi connectivity index (χ4n) is 1.25. The van der Waals surface area contributed by atoms with Crippen molar-refractivity contribution in [3.05, 3.63) is 35.0 Å². The fourth-order valence-corrected chi connectivity index (χ4v) is 1.46. The Morgan fingerprint density at radius 3 is 2.78 bits per heavy atom. The van der Waals surface area contributed by atoms with Crippen LogP contribution >= 0.6 is 11.6 Å². The summed E-state index contributed by atoms with van der Waals surface area (Å²) < 4.78 is 13.1. The van der Waals surface area contributed by atoms with Crippen molar-refractivity contribution >= 4 is 23.4 Å². The average Bonchev–Trinajstić information content (AvgIpc) is 2.27. The molecule has 0 unspecified atom stereocenters. The number of aromatic nitrogens is 1. The highest BCUT2D eigenvalue weighted by Gasteiger charge is 2.10. The Bertz CT molecular complexity index is 476. The summed E-state index contributed by atoms with van der Waals surface area (Å²) in [5, 5.41) is 0.204. The molecule has 0 amide bonds. The maximum atomic E-state index is 13.1. The van der Waals surface area contributed by atoms with Crippen molar-refractivity contribution in [2.24, 2.45) is 16.1 Å². The van der Waals surface area contributed by atoms with E-state index in [1.807, 2.05) is 0 Å². The van der Waals surface area contributed by atoms with Crippen molar-refractivity contribution in [1.82, 2.24) is 4.98 Å². The lowest BCUT2D eigenvalue weighted by Gasteiger charge is -2.14. The first-order valence-electron chi connectivity index (χ1n) is 5.56. The van der Waals surface area contributed by atoms with Gasteiger partial charge < -0.3 is 5.73 Å². The third-order valence-corrected chi connectivity index (χ3v) is 2.39. The molecule has 1 rings (SSSR count). The van der Waals surface area contributed by atoms with Crippen LogP contribution in [0.2, 0.25) is 5.15 Å².